The highest BCUT2D eigenvalue weighted by Gasteiger charge is 2.43. The molecule has 3 heterocycles. The van der Waals surface area contributed by atoms with Gasteiger partial charge in [-0.05, 0) is 38.7 Å². The second-order valence-electron chi connectivity index (χ2n) is 6.00. The van der Waals surface area contributed by atoms with Crippen LogP contribution in [0.4, 0.5) is 0 Å². The third kappa shape index (κ3) is 2.06. The fraction of sp³-hybridized carbons (Fsp3) is 0.600. The lowest BCUT2D eigenvalue weighted by Gasteiger charge is -2.37. The fourth-order valence-corrected chi connectivity index (χ4v) is 3.58. The van der Waals surface area contributed by atoms with E-state index >= 15 is 0 Å². The maximum absolute atomic E-state index is 12.7. The van der Waals surface area contributed by atoms with Crippen molar-refractivity contribution in [2.45, 2.75) is 50.8 Å². The summed E-state index contributed by atoms with van der Waals surface area (Å²) in [6.07, 6.45) is 4.71. The minimum Gasteiger partial charge on any atom is -0.393 e. The van der Waals surface area contributed by atoms with Crippen LogP contribution in [0.3, 0.4) is 0 Å². The molecule has 0 aliphatic carbocycles. The number of carbonyl (C=O) groups excluding carboxylic acids is 2. The molecule has 1 aromatic heterocycles. The number of amides is 1. The van der Waals surface area contributed by atoms with E-state index in [4.69, 9.17) is 0 Å². The number of hydrogen-bond donors (Lipinski definition) is 1. The van der Waals surface area contributed by atoms with Crippen molar-refractivity contribution < 1.29 is 14.7 Å². The number of carbonyl (C=O) groups is 2. The number of Topliss-reactive ketones (excluding diaryl/α,β-unsaturated/α-hetero) is 1. The average molecular weight is 276 g/mol. The molecule has 5 heteroatoms. The molecular weight excluding hydrogens is 256 g/mol. The topological polar surface area (TPSA) is 62.5 Å². The Labute approximate surface area is 118 Å². The van der Waals surface area contributed by atoms with E-state index in [1.807, 2.05) is 4.90 Å². The standard InChI is InChI=1S/C15H20N2O3/c1-9(18)10-5-14(16(2)8-10)15(20)17-11-3-4-12(17)7-13(19)6-11/h5,8,11-13,19H,3-4,6-7H2,1-2H3. The summed E-state index contributed by atoms with van der Waals surface area (Å²) in [5.41, 5.74) is 1.13. The second-order valence-corrected chi connectivity index (χ2v) is 6.00. The first-order valence-electron chi connectivity index (χ1n) is 7.15. The fourth-order valence-electron chi connectivity index (χ4n) is 3.58. The van der Waals surface area contributed by atoms with E-state index in [1.54, 1.807) is 23.9 Å². The zero-order valence-corrected chi connectivity index (χ0v) is 11.9. The molecule has 1 aromatic rings. The number of rotatable bonds is 2. The number of piperidine rings is 1. The van der Waals surface area contributed by atoms with Gasteiger partial charge in [0.25, 0.3) is 5.91 Å². The van der Waals surface area contributed by atoms with Crippen LogP contribution < -0.4 is 0 Å². The van der Waals surface area contributed by atoms with Crippen molar-refractivity contribution in [2.75, 3.05) is 0 Å². The van der Waals surface area contributed by atoms with E-state index in [9.17, 15) is 14.7 Å². The van der Waals surface area contributed by atoms with Crippen LogP contribution >= 0.6 is 0 Å². The van der Waals surface area contributed by atoms with E-state index < -0.39 is 0 Å². The molecule has 108 valence electrons. The van der Waals surface area contributed by atoms with E-state index in [0.29, 0.717) is 24.1 Å². The Kier molecular flexibility index (Phi) is 3.17. The van der Waals surface area contributed by atoms with Crippen molar-refractivity contribution >= 4 is 11.7 Å². The zero-order valence-electron chi connectivity index (χ0n) is 11.9. The maximum Gasteiger partial charge on any atom is 0.270 e. The van der Waals surface area contributed by atoms with Crippen molar-refractivity contribution in [3.05, 3.63) is 23.5 Å². The first kappa shape index (κ1) is 13.4. The van der Waals surface area contributed by atoms with Gasteiger partial charge in [0.2, 0.25) is 0 Å². The molecule has 2 atom stereocenters. The Bertz CT molecular complexity index is 549. The van der Waals surface area contributed by atoms with Crippen LogP contribution in [-0.4, -0.2) is 44.5 Å². The molecule has 1 amide bonds. The van der Waals surface area contributed by atoms with Gasteiger partial charge in [-0.2, -0.15) is 0 Å². The van der Waals surface area contributed by atoms with Gasteiger partial charge >= 0.3 is 0 Å². The summed E-state index contributed by atoms with van der Waals surface area (Å²) in [5, 5.41) is 9.80. The molecule has 2 aliphatic heterocycles. The van der Waals surface area contributed by atoms with E-state index in [-0.39, 0.29) is 29.9 Å². The normalized spacial score (nSPS) is 28.8. The zero-order chi connectivity index (χ0) is 14.4. The highest BCUT2D eigenvalue weighted by Crippen LogP contribution is 2.36. The van der Waals surface area contributed by atoms with Gasteiger partial charge in [-0.3, -0.25) is 9.59 Å². The van der Waals surface area contributed by atoms with Gasteiger partial charge in [0.05, 0.1) is 6.10 Å². The van der Waals surface area contributed by atoms with Gasteiger partial charge in [0.15, 0.2) is 5.78 Å². The molecule has 3 rings (SSSR count). The molecule has 5 nitrogen and oxygen atoms in total. The highest BCUT2D eigenvalue weighted by molar-refractivity contribution is 5.99. The third-order valence-electron chi connectivity index (χ3n) is 4.57. The molecule has 0 aromatic carbocycles. The van der Waals surface area contributed by atoms with Crippen LogP contribution in [0.2, 0.25) is 0 Å². The molecule has 20 heavy (non-hydrogen) atoms. The molecule has 2 aliphatic rings. The summed E-state index contributed by atoms with van der Waals surface area (Å²) in [4.78, 5) is 26.1. The first-order valence-corrected chi connectivity index (χ1v) is 7.15. The molecular formula is C15H20N2O3. The predicted molar refractivity (Wildman–Crippen MR) is 73.6 cm³/mol. The monoisotopic (exact) mass is 276 g/mol. The van der Waals surface area contributed by atoms with Crippen LogP contribution in [0.25, 0.3) is 0 Å². The van der Waals surface area contributed by atoms with Crippen LogP contribution in [0.1, 0.15) is 53.5 Å². The Morgan fingerprint density at radius 3 is 2.35 bits per heavy atom. The van der Waals surface area contributed by atoms with E-state index in [2.05, 4.69) is 0 Å². The summed E-state index contributed by atoms with van der Waals surface area (Å²) < 4.78 is 1.73. The summed E-state index contributed by atoms with van der Waals surface area (Å²) in [6.45, 7) is 1.50. The molecule has 2 bridgehead atoms. The predicted octanol–water partition coefficient (Wildman–Crippen LogP) is 1.36. The van der Waals surface area contributed by atoms with E-state index in [1.165, 1.54) is 6.92 Å². The molecule has 2 saturated heterocycles. The van der Waals surface area contributed by atoms with Gasteiger partial charge in [-0.25, -0.2) is 0 Å². The minimum absolute atomic E-state index is 0.0144. The second kappa shape index (κ2) is 4.74. The van der Waals surface area contributed by atoms with Crippen LogP contribution in [0.15, 0.2) is 12.3 Å². The summed E-state index contributed by atoms with van der Waals surface area (Å²) in [6, 6.07) is 1.97. The first-order chi connectivity index (χ1) is 9.47. The van der Waals surface area contributed by atoms with Crippen molar-refractivity contribution in [3.63, 3.8) is 0 Å². The number of fused-ring (bicyclic) bond motifs is 2. The molecule has 0 spiro atoms. The lowest BCUT2D eigenvalue weighted by Crippen LogP contribution is -2.48. The Morgan fingerprint density at radius 1 is 1.25 bits per heavy atom. The van der Waals surface area contributed by atoms with Crippen LogP contribution in [0, 0.1) is 0 Å². The van der Waals surface area contributed by atoms with Gasteiger partial charge in [0.1, 0.15) is 5.69 Å². The van der Waals surface area contributed by atoms with Crippen molar-refractivity contribution in [1.82, 2.24) is 9.47 Å². The third-order valence-corrected chi connectivity index (χ3v) is 4.57. The molecule has 2 unspecified atom stereocenters. The number of aryl methyl sites for hydroxylation is 1. The summed E-state index contributed by atoms with van der Waals surface area (Å²) >= 11 is 0. The van der Waals surface area contributed by atoms with Crippen LogP contribution in [0.5, 0.6) is 0 Å². The number of aromatic nitrogens is 1. The van der Waals surface area contributed by atoms with Crippen molar-refractivity contribution in [3.8, 4) is 0 Å². The smallest absolute Gasteiger partial charge is 0.270 e. The van der Waals surface area contributed by atoms with Gasteiger partial charge in [-0.1, -0.05) is 0 Å². The lowest BCUT2D eigenvalue weighted by molar-refractivity contribution is 0.0280. The number of ketones is 1. The summed E-state index contributed by atoms with van der Waals surface area (Å²) in [5.74, 6) is -0.0453. The van der Waals surface area contributed by atoms with Crippen molar-refractivity contribution in [1.29, 1.82) is 0 Å². The lowest BCUT2D eigenvalue weighted by atomic mass is 9.99. The number of aliphatic hydroxyl groups excluding tert-OH is 1. The molecule has 0 saturated carbocycles. The average Bonchev–Trinajstić information content (AvgIpc) is 2.88. The maximum atomic E-state index is 12.7. The number of hydrogen-bond acceptors (Lipinski definition) is 3. The van der Waals surface area contributed by atoms with Gasteiger partial charge < -0.3 is 14.6 Å². The number of nitrogens with zero attached hydrogens (tertiary/aromatic N) is 2. The summed E-state index contributed by atoms with van der Waals surface area (Å²) in [7, 11) is 1.79. The van der Waals surface area contributed by atoms with Gasteiger partial charge in [0, 0.05) is 30.9 Å². The molecule has 2 fully saturated rings. The quantitative estimate of drug-likeness (QED) is 0.830. The van der Waals surface area contributed by atoms with E-state index in [0.717, 1.165) is 12.8 Å². The Morgan fingerprint density at radius 2 is 1.85 bits per heavy atom. The highest BCUT2D eigenvalue weighted by atomic mass is 16.3. The largest absolute Gasteiger partial charge is 0.393 e. The molecule has 0 radical (unpaired) electrons. The van der Waals surface area contributed by atoms with Gasteiger partial charge in [-0.15, -0.1) is 0 Å². The Hall–Kier alpha value is -1.62. The molecule has 1 N–H and O–H groups in total. The van der Waals surface area contributed by atoms with Crippen LogP contribution in [-0.2, 0) is 7.05 Å². The number of aliphatic hydroxyl groups is 1. The van der Waals surface area contributed by atoms with Crippen molar-refractivity contribution in [2.24, 2.45) is 7.05 Å². The Balaban J connectivity index is 1.88. The SMILES string of the molecule is CC(=O)c1cc(C(=O)N2C3CCC2CC(O)C3)n(C)c1. The minimum atomic E-state index is -0.280.